The molecule has 4 aromatic rings. The van der Waals surface area contributed by atoms with Crippen LogP contribution in [0.5, 0.6) is 0 Å². The van der Waals surface area contributed by atoms with Gasteiger partial charge in [-0.2, -0.15) is 0 Å². The Morgan fingerprint density at radius 2 is 1.76 bits per heavy atom. The number of nitrogens with one attached hydrogen (secondary N) is 2. The number of para-hydroxylation sites is 1. The summed E-state index contributed by atoms with van der Waals surface area (Å²) in [5.74, 6) is -0.603. The summed E-state index contributed by atoms with van der Waals surface area (Å²) in [6, 6.07) is 11.8. The molecule has 2 N–H and O–H groups in total. The van der Waals surface area contributed by atoms with Crippen molar-refractivity contribution in [3.05, 3.63) is 74.4 Å². The number of aromatic nitrogens is 4. The van der Waals surface area contributed by atoms with E-state index >= 15 is 0 Å². The zero-order chi connectivity index (χ0) is 26.9. The molecule has 2 aromatic heterocycles. The highest BCUT2D eigenvalue weighted by Gasteiger charge is 2.21. The molecule has 0 saturated heterocycles. The maximum absolute atomic E-state index is 13.5. The number of carbonyl (C=O) groups is 2. The number of rotatable bonds is 8. The predicted molar refractivity (Wildman–Crippen MR) is 143 cm³/mol. The zero-order valence-corrected chi connectivity index (χ0v) is 21.7. The Morgan fingerprint density at radius 1 is 1.03 bits per heavy atom. The van der Waals surface area contributed by atoms with Gasteiger partial charge in [0.25, 0.3) is 11.5 Å². The Kier molecular flexibility index (Phi) is 7.28. The van der Waals surface area contributed by atoms with E-state index in [1.807, 2.05) is 52.8 Å². The van der Waals surface area contributed by atoms with E-state index in [-0.39, 0.29) is 46.8 Å². The molecular formula is C27H32N6O4. The maximum Gasteiger partial charge on any atom is 0.352 e. The number of amides is 2. The van der Waals surface area contributed by atoms with Gasteiger partial charge in [-0.3, -0.25) is 19.0 Å². The molecule has 0 saturated carbocycles. The molecule has 4 rings (SSSR count). The van der Waals surface area contributed by atoms with Crippen molar-refractivity contribution in [3.8, 4) is 0 Å². The normalized spacial score (nSPS) is 12.3. The van der Waals surface area contributed by atoms with Gasteiger partial charge in [0.1, 0.15) is 6.54 Å². The Labute approximate surface area is 213 Å². The van der Waals surface area contributed by atoms with Gasteiger partial charge in [0.2, 0.25) is 11.7 Å². The van der Waals surface area contributed by atoms with Crippen molar-refractivity contribution < 1.29 is 9.59 Å². The molecule has 10 nitrogen and oxygen atoms in total. The van der Waals surface area contributed by atoms with Crippen molar-refractivity contribution in [1.82, 2.24) is 24.1 Å². The van der Waals surface area contributed by atoms with Gasteiger partial charge in [-0.15, -0.1) is 5.10 Å². The molecule has 1 unspecified atom stereocenters. The van der Waals surface area contributed by atoms with Crippen molar-refractivity contribution >= 4 is 34.2 Å². The van der Waals surface area contributed by atoms with Crippen LogP contribution in [0.2, 0.25) is 0 Å². The summed E-state index contributed by atoms with van der Waals surface area (Å²) in [5, 5.41) is 10.4. The molecule has 0 bridgehead atoms. The minimum atomic E-state index is -0.576. The number of benzene rings is 2. The van der Waals surface area contributed by atoms with Gasteiger partial charge in [-0.1, -0.05) is 32.0 Å². The zero-order valence-electron chi connectivity index (χ0n) is 21.7. The van der Waals surface area contributed by atoms with Crippen molar-refractivity contribution in [2.75, 3.05) is 5.32 Å². The van der Waals surface area contributed by atoms with E-state index in [1.165, 1.54) is 15.0 Å². The fraction of sp³-hybridized carbons (Fsp3) is 0.370. The van der Waals surface area contributed by atoms with Gasteiger partial charge in [-0.05, 0) is 63.4 Å². The average molecular weight is 505 g/mol. The number of aryl methyl sites for hydroxylation is 1. The summed E-state index contributed by atoms with van der Waals surface area (Å²) in [7, 11) is 0. The Morgan fingerprint density at radius 3 is 2.43 bits per heavy atom. The number of nitrogens with zero attached hydrogens (tertiary/aromatic N) is 4. The van der Waals surface area contributed by atoms with Gasteiger partial charge in [0, 0.05) is 23.3 Å². The maximum atomic E-state index is 13.5. The third-order valence-corrected chi connectivity index (χ3v) is 6.46. The van der Waals surface area contributed by atoms with E-state index in [0.717, 1.165) is 23.1 Å². The van der Waals surface area contributed by atoms with E-state index in [0.29, 0.717) is 11.3 Å². The van der Waals surface area contributed by atoms with E-state index in [2.05, 4.69) is 15.7 Å². The minimum Gasteiger partial charge on any atom is -0.350 e. The van der Waals surface area contributed by atoms with Crippen molar-refractivity contribution in [2.45, 2.75) is 66.1 Å². The molecule has 10 heteroatoms. The summed E-state index contributed by atoms with van der Waals surface area (Å²) in [6.07, 6.45) is 1.50. The van der Waals surface area contributed by atoms with Crippen LogP contribution < -0.4 is 21.9 Å². The van der Waals surface area contributed by atoms with E-state index in [1.54, 1.807) is 18.2 Å². The largest absolute Gasteiger partial charge is 0.352 e. The van der Waals surface area contributed by atoms with E-state index in [9.17, 15) is 19.2 Å². The Balaban J connectivity index is 1.83. The van der Waals surface area contributed by atoms with Gasteiger partial charge in [0.15, 0.2) is 0 Å². The molecule has 2 aromatic carbocycles. The molecule has 194 valence electrons. The number of hydrogen-bond acceptors (Lipinski definition) is 5. The monoisotopic (exact) mass is 504 g/mol. The fourth-order valence-corrected chi connectivity index (χ4v) is 4.28. The molecule has 0 radical (unpaired) electrons. The molecular weight excluding hydrogens is 472 g/mol. The first-order chi connectivity index (χ1) is 17.7. The lowest BCUT2D eigenvalue weighted by Crippen LogP contribution is -2.32. The lowest BCUT2D eigenvalue weighted by atomic mass is 10.1. The first-order valence-electron chi connectivity index (χ1n) is 12.5. The van der Waals surface area contributed by atoms with Crippen molar-refractivity contribution in [3.63, 3.8) is 0 Å². The van der Waals surface area contributed by atoms with Crippen LogP contribution in [0.3, 0.4) is 0 Å². The topological polar surface area (TPSA) is 120 Å². The summed E-state index contributed by atoms with van der Waals surface area (Å²) in [5.41, 5.74) is 1.33. The van der Waals surface area contributed by atoms with E-state index < -0.39 is 11.6 Å². The second kappa shape index (κ2) is 10.4. The molecule has 2 heterocycles. The quantitative estimate of drug-likeness (QED) is 0.382. The highest BCUT2D eigenvalue weighted by atomic mass is 16.2. The summed E-state index contributed by atoms with van der Waals surface area (Å²) < 4.78 is 3.76. The molecule has 0 aliphatic rings. The Bertz CT molecular complexity index is 1610. The Hall–Kier alpha value is -4.21. The fourth-order valence-electron chi connectivity index (χ4n) is 4.28. The molecule has 37 heavy (non-hydrogen) atoms. The van der Waals surface area contributed by atoms with Crippen LogP contribution in [0.1, 0.15) is 63.0 Å². The van der Waals surface area contributed by atoms with Crippen LogP contribution in [-0.2, 0) is 17.8 Å². The number of hydrogen-bond donors (Lipinski definition) is 2. The van der Waals surface area contributed by atoms with Crippen LogP contribution in [0.4, 0.5) is 5.69 Å². The smallest absolute Gasteiger partial charge is 0.350 e. The predicted octanol–water partition coefficient (Wildman–Crippen LogP) is 3.12. The molecule has 2 amide bonds. The van der Waals surface area contributed by atoms with Crippen LogP contribution in [0, 0.1) is 0 Å². The van der Waals surface area contributed by atoms with Gasteiger partial charge >= 0.3 is 5.69 Å². The summed E-state index contributed by atoms with van der Waals surface area (Å²) >= 11 is 0. The van der Waals surface area contributed by atoms with Gasteiger partial charge in [0.05, 0.1) is 10.9 Å². The lowest BCUT2D eigenvalue weighted by Gasteiger charge is -2.14. The van der Waals surface area contributed by atoms with Crippen molar-refractivity contribution in [1.29, 1.82) is 0 Å². The standard InChI is InChI=1S/C27H32N6O4/c1-6-17(5)28-24(35)19-12-13-20-22(14-19)33-26(32(16(3)4)25(20)36)30-31(27(33)37)15-23(34)29-21-11-9-8-10-18(21)7-2/h8-14,16-17H,6-7,15H2,1-5H3,(H,28,35)(H,29,34). The number of anilines is 1. The van der Waals surface area contributed by atoms with Gasteiger partial charge in [-0.25, -0.2) is 13.9 Å². The second-order valence-corrected chi connectivity index (χ2v) is 9.42. The van der Waals surface area contributed by atoms with Crippen LogP contribution >= 0.6 is 0 Å². The van der Waals surface area contributed by atoms with Crippen LogP contribution in [0.25, 0.3) is 16.7 Å². The SMILES string of the molecule is CCc1ccccc1NC(=O)Cn1nc2n(C(C)C)c(=O)c3ccc(C(=O)NC(C)CC)cc3n2c1=O. The molecule has 0 fully saturated rings. The summed E-state index contributed by atoms with van der Waals surface area (Å²) in [4.78, 5) is 52.5. The average Bonchev–Trinajstić information content (AvgIpc) is 3.18. The first kappa shape index (κ1) is 25.9. The first-order valence-corrected chi connectivity index (χ1v) is 12.5. The number of carbonyl (C=O) groups excluding carboxylic acids is 2. The second-order valence-electron chi connectivity index (χ2n) is 9.42. The minimum absolute atomic E-state index is 0.0287. The highest BCUT2D eigenvalue weighted by Crippen LogP contribution is 2.18. The number of fused-ring (bicyclic) bond motifs is 3. The lowest BCUT2D eigenvalue weighted by molar-refractivity contribution is -0.117. The van der Waals surface area contributed by atoms with Crippen molar-refractivity contribution in [2.24, 2.45) is 0 Å². The van der Waals surface area contributed by atoms with Crippen LogP contribution in [-0.4, -0.2) is 36.6 Å². The van der Waals surface area contributed by atoms with Gasteiger partial charge < -0.3 is 10.6 Å². The van der Waals surface area contributed by atoms with E-state index in [4.69, 9.17) is 0 Å². The third-order valence-electron chi connectivity index (χ3n) is 6.46. The highest BCUT2D eigenvalue weighted by molar-refractivity contribution is 5.98. The molecule has 0 aliphatic heterocycles. The molecule has 0 spiro atoms. The van der Waals surface area contributed by atoms with Crippen LogP contribution in [0.15, 0.2) is 52.1 Å². The third kappa shape index (κ3) is 4.91. The molecule has 0 aliphatic carbocycles. The summed E-state index contributed by atoms with van der Waals surface area (Å²) in [6.45, 7) is 9.16. The molecule has 1 atom stereocenters.